The molecular weight excluding hydrogens is 124 g/mol. The van der Waals surface area contributed by atoms with Gasteiger partial charge in [0.1, 0.15) is 5.78 Å². The first kappa shape index (κ1) is 7.52. The molecule has 0 unspecified atom stereocenters. The second-order valence-corrected chi connectivity index (χ2v) is 3.52. The number of ketones is 1. The zero-order valence-electron chi connectivity index (χ0n) is 6.68. The Balaban J connectivity index is 2.71. The van der Waals surface area contributed by atoms with Crippen molar-refractivity contribution in [3.05, 3.63) is 12.2 Å². The van der Waals surface area contributed by atoms with Crippen LogP contribution in [-0.4, -0.2) is 5.78 Å². The lowest BCUT2D eigenvalue weighted by Gasteiger charge is -2.18. The van der Waals surface area contributed by atoms with Crippen LogP contribution in [0, 0.1) is 5.41 Å². The normalized spacial score (nSPS) is 24.4. The van der Waals surface area contributed by atoms with Gasteiger partial charge in [-0.15, -0.1) is 0 Å². The number of hydrogen-bond donors (Lipinski definition) is 0. The van der Waals surface area contributed by atoms with Crippen molar-refractivity contribution in [2.75, 3.05) is 0 Å². The van der Waals surface area contributed by atoms with Gasteiger partial charge in [0.05, 0.1) is 0 Å². The molecule has 0 spiro atoms. The minimum absolute atomic E-state index is 0.104. The summed E-state index contributed by atoms with van der Waals surface area (Å²) >= 11 is 0. The van der Waals surface area contributed by atoms with Gasteiger partial charge in [0.2, 0.25) is 0 Å². The average molecular weight is 138 g/mol. The molecule has 0 aromatic rings. The maximum atomic E-state index is 11.3. The van der Waals surface area contributed by atoms with Gasteiger partial charge in [-0.05, 0) is 12.8 Å². The number of allylic oxidation sites excluding steroid dienone is 2. The van der Waals surface area contributed by atoms with Crippen molar-refractivity contribution in [3.63, 3.8) is 0 Å². The van der Waals surface area contributed by atoms with Crippen LogP contribution in [0.25, 0.3) is 0 Å². The van der Waals surface area contributed by atoms with Gasteiger partial charge in [0, 0.05) is 11.8 Å². The molecule has 0 atom stereocenters. The van der Waals surface area contributed by atoms with Crippen LogP contribution in [0.3, 0.4) is 0 Å². The fourth-order valence-corrected chi connectivity index (χ4v) is 1.16. The van der Waals surface area contributed by atoms with Crippen molar-refractivity contribution in [2.45, 2.75) is 33.1 Å². The molecule has 0 aromatic carbocycles. The molecule has 1 rings (SSSR count). The highest BCUT2D eigenvalue weighted by atomic mass is 16.1. The number of carbonyl (C=O) groups is 1. The molecule has 1 nitrogen and oxygen atoms in total. The molecule has 0 bridgehead atoms. The van der Waals surface area contributed by atoms with Crippen LogP contribution in [0.1, 0.15) is 33.1 Å². The van der Waals surface area contributed by atoms with Crippen LogP contribution < -0.4 is 0 Å². The maximum Gasteiger partial charge on any atom is 0.139 e. The second-order valence-electron chi connectivity index (χ2n) is 3.52. The number of carbonyl (C=O) groups excluding carboxylic acids is 1. The Morgan fingerprint density at radius 3 is 2.80 bits per heavy atom. The molecule has 1 aliphatic rings. The highest BCUT2D eigenvalue weighted by Gasteiger charge is 2.26. The molecule has 1 heteroatoms. The Morgan fingerprint density at radius 2 is 2.10 bits per heavy atom. The summed E-state index contributed by atoms with van der Waals surface area (Å²) in [5.41, 5.74) is -0.104. The first-order valence-electron chi connectivity index (χ1n) is 3.81. The topological polar surface area (TPSA) is 17.1 Å². The Labute approximate surface area is 62.1 Å². The standard InChI is InChI=1S/C9H14O/c1-9(2)7-5-3-4-6-8(9)10/h3,5H,4,6-7H2,1-2H3. The summed E-state index contributed by atoms with van der Waals surface area (Å²) in [5, 5.41) is 0. The molecule has 10 heavy (non-hydrogen) atoms. The molecule has 0 saturated carbocycles. The van der Waals surface area contributed by atoms with E-state index in [1.807, 2.05) is 13.8 Å². The van der Waals surface area contributed by atoms with E-state index in [-0.39, 0.29) is 5.41 Å². The molecular formula is C9H14O. The lowest BCUT2D eigenvalue weighted by Crippen LogP contribution is -2.21. The van der Waals surface area contributed by atoms with Gasteiger partial charge in [0.25, 0.3) is 0 Å². The minimum atomic E-state index is -0.104. The SMILES string of the molecule is CC1(C)CC=CCCC1=O. The molecule has 0 radical (unpaired) electrons. The van der Waals surface area contributed by atoms with E-state index in [1.165, 1.54) is 0 Å². The molecule has 0 N–H and O–H groups in total. The van der Waals surface area contributed by atoms with E-state index < -0.39 is 0 Å². The lowest BCUT2D eigenvalue weighted by molar-refractivity contribution is -0.126. The Hall–Kier alpha value is -0.590. The summed E-state index contributed by atoms with van der Waals surface area (Å²) in [6.45, 7) is 4.04. The van der Waals surface area contributed by atoms with E-state index in [1.54, 1.807) is 0 Å². The van der Waals surface area contributed by atoms with E-state index >= 15 is 0 Å². The van der Waals surface area contributed by atoms with Crippen molar-refractivity contribution in [1.82, 2.24) is 0 Å². The fraction of sp³-hybridized carbons (Fsp3) is 0.667. The summed E-state index contributed by atoms with van der Waals surface area (Å²) in [4.78, 5) is 11.3. The molecule has 0 aromatic heterocycles. The van der Waals surface area contributed by atoms with Gasteiger partial charge in [-0.3, -0.25) is 4.79 Å². The first-order valence-corrected chi connectivity index (χ1v) is 3.81. The molecule has 0 heterocycles. The summed E-state index contributed by atoms with van der Waals surface area (Å²) in [5.74, 6) is 0.400. The third kappa shape index (κ3) is 1.47. The first-order chi connectivity index (χ1) is 4.63. The summed E-state index contributed by atoms with van der Waals surface area (Å²) in [7, 11) is 0. The van der Waals surface area contributed by atoms with Crippen LogP contribution in [0.2, 0.25) is 0 Å². The number of hydrogen-bond acceptors (Lipinski definition) is 1. The molecule has 0 saturated heterocycles. The summed E-state index contributed by atoms with van der Waals surface area (Å²) in [6, 6.07) is 0. The van der Waals surface area contributed by atoms with Gasteiger partial charge in [-0.1, -0.05) is 26.0 Å². The third-order valence-corrected chi connectivity index (χ3v) is 2.09. The van der Waals surface area contributed by atoms with Crippen molar-refractivity contribution in [1.29, 1.82) is 0 Å². The van der Waals surface area contributed by atoms with Gasteiger partial charge in [0.15, 0.2) is 0 Å². The molecule has 0 amide bonds. The lowest BCUT2D eigenvalue weighted by atomic mass is 9.84. The number of rotatable bonds is 0. The van der Waals surface area contributed by atoms with Gasteiger partial charge >= 0.3 is 0 Å². The Bertz CT molecular complexity index is 166. The molecule has 1 aliphatic carbocycles. The quantitative estimate of drug-likeness (QED) is 0.469. The van der Waals surface area contributed by atoms with Crippen LogP contribution in [-0.2, 0) is 4.79 Å². The van der Waals surface area contributed by atoms with E-state index in [2.05, 4.69) is 12.2 Å². The van der Waals surface area contributed by atoms with Crippen molar-refractivity contribution in [3.8, 4) is 0 Å². The van der Waals surface area contributed by atoms with Crippen LogP contribution in [0.15, 0.2) is 12.2 Å². The largest absolute Gasteiger partial charge is 0.299 e. The van der Waals surface area contributed by atoms with Crippen LogP contribution >= 0.6 is 0 Å². The van der Waals surface area contributed by atoms with Crippen molar-refractivity contribution >= 4 is 5.78 Å². The average Bonchev–Trinajstić information content (AvgIpc) is 1.96. The number of Topliss-reactive ketones (excluding diaryl/α,β-unsaturated/α-hetero) is 1. The summed E-state index contributed by atoms with van der Waals surface area (Å²) < 4.78 is 0. The minimum Gasteiger partial charge on any atom is -0.299 e. The second kappa shape index (κ2) is 2.57. The summed E-state index contributed by atoms with van der Waals surface area (Å²) in [6.07, 6.45) is 6.79. The van der Waals surface area contributed by atoms with Crippen LogP contribution in [0.4, 0.5) is 0 Å². The van der Waals surface area contributed by atoms with Gasteiger partial charge < -0.3 is 0 Å². The zero-order chi connectivity index (χ0) is 7.61. The smallest absolute Gasteiger partial charge is 0.139 e. The maximum absolute atomic E-state index is 11.3. The Morgan fingerprint density at radius 1 is 1.40 bits per heavy atom. The van der Waals surface area contributed by atoms with Gasteiger partial charge in [-0.25, -0.2) is 0 Å². The fourth-order valence-electron chi connectivity index (χ4n) is 1.16. The highest BCUT2D eigenvalue weighted by Crippen LogP contribution is 2.26. The van der Waals surface area contributed by atoms with Crippen molar-refractivity contribution in [2.24, 2.45) is 5.41 Å². The van der Waals surface area contributed by atoms with Crippen molar-refractivity contribution < 1.29 is 4.79 Å². The predicted molar refractivity (Wildman–Crippen MR) is 41.8 cm³/mol. The third-order valence-electron chi connectivity index (χ3n) is 2.09. The zero-order valence-corrected chi connectivity index (χ0v) is 6.68. The van der Waals surface area contributed by atoms with E-state index in [4.69, 9.17) is 0 Å². The van der Waals surface area contributed by atoms with Gasteiger partial charge in [-0.2, -0.15) is 0 Å². The monoisotopic (exact) mass is 138 g/mol. The van der Waals surface area contributed by atoms with E-state index in [0.717, 1.165) is 19.3 Å². The highest BCUT2D eigenvalue weighted by molar-refractivity contribution is 5.84. The van der Waals surface area contributed by atoms with E-state index in [9.17, 15) is 4.79 Å². The molecule has 0 fully saturated rings. The van der Waals surface area contributed by atoms with E-state index in [0.29, 0.717) is 5.78 Å². The van der Waals surface area contributed by atoms with Crippen LogP contribution in [0.5, 0.6) is 0 Å². The Kier molecular flexibility index (Phi) is 1.93. The predicted octanol–water partition coefficient (Wildman–Crippen LogP) is 2.32. The molecule has 0 aliphatic heterocycles. The molecule has 56 valence electrons.